The van der Waals surface area contributed by atoms with Gasteiger partial charge in [0.05, 0.1) is 19.3 Å². The minimum atomic E-state index is 0.118. The molecule has 1 aromatic carbocycles. The molecule has 1 unspecified atom stereocenters. The second kappa shape index (κ2) is 16.5. The fraction of sp³-hybridized carbons (Fsp3) is 0.667. The van der Waals surface area contributed by atoms with Crippen LogP contribution in [0.1, 0.15) is 44.8 Å². The van der Waals surface area contributed by atoms with Gasteiger partial charge in [-0.25, -0.2) is 0 Å². The summed E-state index contributed by atoms with van der Waals surface area (Å²) >= 11 is 0. The number of guanidine groups is 1. The van der Waals surface area contributed by atoms with Crippen LogP contribution in [0.3, 0.4) is 0 Å². The first kappa shape index (κ1) is 23.4. The quantitative estimate of drug-likeness (QED) is 0.278. The molecule has 0 fully saturated rings. The number of hydrogen-bond acceptors (Lipinski definition) is 4. The molecule has 6 heteroatoms. The number of hydrogen-bond donors (Lipinski definition) is 2. The number of aliphatic imine (C=N–C) groups is 1. The summed E-state index contributed by atoms with van der Waals surface area (Å²) in [6, 6.07) is 10.3. The molecule has 0 spiro atoms. The molecule has 1 aromatic rings. The number of benzene rings is 1. The Labute approximate surface area is 164 Å². The minimum Gasteiger partial charge on any atom is -0.382 e. The minimum absolute atomic E-state index is 0.118. The normalized spacial score (nSPS) is 12.8. The molecule has 0 saturated carbocycles. The van der Waals surface area contributed by atoms with Crippen molar-refractivity contribution in [3.8, 4) is 0 Å². The molecule has 6 nitrogen and oxygen atoms in total. The van der Waals surface area contributed by atoms with E-state index in [0.29, 0.717) is 19.8 Å². The Bertz CT molecular complexity index is 483. The molecule has 0 aromatic heterocycles. The number of methoxy groups -OCH3 is 1. The fourth-order valence-corrected chi connectivity index (χ4v) is 2.46. The van der Waals surface area contributed by atoms with E-state index in [1.807, 2.05) is 18.2 Å². The Hall–Kier alpha value is -1.63. The van der Waals surface area contributed by atoms with Crippen molar-refractivity contribution in [2.24, 2.45) is 4.99 Å². The Morgan fingerprint density at radius 1 is 1.00 bits per heavy atom. The van der Waals surface area contributed by atoms with Crippen LogP contribution >= 0.6 is 0 Å². The molecule has 0 amide bonds. The topological polar surface area (TPSA) is 64.1 Å². The lowest BCUT2D eigenvalue weighted by Gasteiger charge is -2.13. The number of nitrogens with one attached hydrogen (secondary N) is 2. The molecule has 154 valence electrons. The van der Waals surface area contributed by atoms with Gasteiger partial charge in [0.25, 0.3) is 0 Å². The highest BCUT2D eigenvalue weighted by Gasteiger charge is 2.04. The van der Waals surface area contributed by atoms with Crippen molar-refractivity contribution in [2.45, 2.75) is 39.2 Å². The first-order valence-electron chi connectivity index (χ1n) is 10.0. The van der Waals surface area contributed by atoms with Gasteiger partial charge in [0.15, 0.2) is 5.96 Å². The Morgan fingerprint density at radius 2 is 1.81 bits per heavy atom. The lowest BCUT2D eigenvalue weighted by molar-refractivity contribution is 0.0652. The standard InChI is InChI=1S/C21H37N3O3/c1-4-22-21(23-13-8-9-15-26-18-17-25-3)24-14-10-16-27-19(2)20-11-6-5-7-12-20/h5-7,11-12,19H,4,8-10,13-18H2,1-3H3,(H2,22,23,24). The van der Waals surface area contributed by atoms with Crippen LogP contribution in [0.5, 0.6) is 0 Å². The zero-order valence-electron chi connectivity index (χ0n) is 17.2. The smallest absolute Gasteiger partial charge is 0.191 e. The molecule has 0 aliphatic rings. The second-order valence-corrected chi connectivity index (χ2v) is 6.28. The van der Waals surface area contributed by atoms with Crippen molar-refractivity contribution in [2.75, 3.05) is 53.2 Å². The Morgan fingerprint density at radius 3 is 2.56 bits per heavy atom. The summed E-state index contributed by atoms with van der Waals surface area (Å²) < 4.78 is 16.3. The number of unbranched alkanes of at least 4 members (excludes halogenated alkanes) is 1. The van der Waals surface area contributed by atoms with E-state index in [9.17, 15) is 0 Å². The maximum absolute atomic E-state index is 5.89. The highest BCUT2D eigenvalue weighted by Crippen LogP contribution is 2.15. The van der Waals surface area contributed by atoms with Crippen molar-refractivity contribution in [3.05, 3.63) is 35.9 Å². The molecule has 0 saturated heterocycles. The van der Waals surface area contributed by atoms with Gasteiger partial charge >= 0.3 is 0 Å². The summed E-state index contributed by atoms with van der Waals surface area (Å²) in [5.41, 5.74) is 1.21. The average Bonchev–Trinajstić information content (AvgIpc) is 2.70. The third-order valence-electron chi connectivity index (χ3n) is 3.99. The van der Waals surface area contributed by atoms with Gasteiger partial charge in [-0.1, -0.05) is 30.3 Å². The summed E-state index contributed by atoms with van der Waals surface area (Å²) in [4.78, 5) is 4.61. The van der Waals surface area contributed by atoms with Gasteiger partial charge in [-0.2, -0.15) is 0 Å². The van der Waals surface area contributed by atoms with Gasteiger partial charge in [-0.3, -0.25) is 4.99 Å². The van der Waals surface area contributed by atoms with Gasteiger partial charge in [0, 0.05) is 40.0 Å². The monoisotopic (exact) mass is 379 g/mol. The summed E-state index contributed by atoms with van der Waals surface area (Å²) in [5, 5.41) is 6.64. The second-order valence-electron chi connectivity index (χ2n) is 6.28. The molecule has 1 atom stereocenters. The van der Waals surface area contributed by atoms with Crippen molar-refractivity contribution < 1.29 is 14.2 Å². The third-order valence-corrected chi connectivity index (χ3v) is 3.99. The molecule has 0 radical (unpaired) electrons. The van der Waals surface area contributed by atoms with Crippen LogP contribution in [0.4, 0.5) is 0 Å². The van der Waals surface area contributed by atoms with Crippen LogP contribution < -0.4 is 10.6 Å². The lowest BCUT2D eigenvalue weighted by atomic mass is 10.1. The van der Waals surface area contributed by atoms with Gasteiger partial charge in [0.1, 0.15) is 0 Å². The van der Waals surface area contributed by atoms with Crippen LogP contribution in [-0.2, 0) is 14.2 Å². The van der Waals surface area contributed by atoms with Crippen molar-refractivity contribution in [1.82, 2.24) is 10.6 Å². The number of nitrogens with zero attached hydrogens (tertiary/aromatic N) is 1. The van der Waals surface area contributed by atoms with Crippen LogP contribution in [0.15, 0.2) is 35.3 Å². The van der Waals surface area contributed by atoms with Gasteiger partial charge in [-0.05, 0) is 38.7 Å². The van der Waals surface area contributed by atoms with E-state index in [4.69, 9.17) is 14.2 Å². The fourth-order valence-electron chi connectivity index (χ4n) is 2.46. The van der Waals surface area contributed by atoms with E-state index in [2.05, 4.69) is 41.6 Å². The average molecular weight is 380 g/mol. The van der Waals surface area contributed by atoms with Crippen molar-refractivity contribution >= 4 is 5.96 Å². The molecule has 0 aliphatic carbocycles. The van der Waals surface area contributed by atoms with Crippen LogP contribution in [-0.4, -0.2) is 59.1 Å². The maximum Gasteiger partial charge on any atom is 0.191 e. The van der Waals surface area contributed by atoms with Crippen molar-refractivity contribution in [1.29, 1.82) is 0 Å². The van der Waals surface area contributed by atoms with E-state index >= 15 is 0 Å². The van der Waals surface area contributed by atoms with E-state index in [0.717, 1.165) is 51.5 Å². The number of rotatable bonds is 15. The summed E-state index contributed by atoms with van der Waals surface area (Å²) in [5.74, 6) is 0.869. The SMILES string of the molecule is CCNC(=NCCCOC(C)c1ccccc1)NCCCCOCCOC. The van der Waals surface area contributed by atoms with E-state index in [-0.39, 0.29) is 6.10 Å². The molecular weight excluding hydrogens is 342 g/mol. The predicted octanol–water partition coefficient (Wildman–Crippen LogP) is 3.15. The van der Waals surface area contributed by atoms with Gasteiger partial charge in [0.2, 0.25) is 0 Å². The summed E-state index contributed by atoms with van der Waals surface area (Å²) in [7, 11) is 1.69. The predicted molar refractivity (Wildman–Crippen MR) is 111 cm³/mol. The lowest BCUT2D eigenvalue weighted by Crippen LogP contribution is -2.38. The van der Waals surface area contributed by atoms with E-state index in [1.54, 1.807) is 7.11 Å². The molecule has 27 heavy (non-hydrogen) atoms. The molecule has 0 bridgehead atoms. The zero-order chi connectivity index (χ0) is 19.6. The highest BCUT2D eigenvalue weighted by molar-refractivity contribution is 5.79. The maximum atomic E-state index is 5.89. The first-order valence-corrected chi connectivity index (χ1v) is 10.0. The molecule has 1 rings (SSSR count). The molecule has 2 N–H and O–H groups in total. The largest absolute Gasteiger partial charge is 0.382 e. The first-order chi connectivity index (χ1) is 13.3. The van der Waals surface area contributed by atoms with E-state index < -0.39 is 0 Å². The highest BCUT2D eigenvalue weighted by atomic mass is 16.5. The van der Waals surface area contributed by atoms with Crippen LogP contribution in [0.2, 0.25) is 0 Å². The van der Waals surface area contributed by atoms with Gasteiger partial charge < -0.3 is 24.8 Å². The van der Waals surface area contributed by atoms with Crippen molar-refractivity contribution in [3.63, 3.8) is 0 Å². The Kier molecular flexibility index (Phi) is 14.3. The summed E-state index contributed by atoms with van der Waals surface area (Å²) in [6.45, 7) is 9.45. The molecular formula is C21H37N3O3. The molecule has 0 heterocycles. The third kappa shape index (κ3) is 12.4. The summed E-state index contributed by atoms with van der Waals surface area (Å²) in [6.07, 6.45) is 3.10. The van der Waals surface area contributed by atoms with Crippen LogP contribution in [0, 0.1) is 0 Å². The number of ether oxygens (including phenoxy) is 3. The molecule has 0 aliphatic heterocycles. The van der Waals surface area contributed by atoms with Crippen LogP contribution in [0.25, 0.3) is 0 Å². The Balaban J connectivity index is 2.12. The van der Waals surface area contributed by atoms with Gasteiger partial charge in [-0.15, -0.1) is 0 Å². The zero-order valence-corrected chi connectivity index (χ0v) is 17.2. The van der Waals surface area contributed by atoms with E-state index in [1.165, 1.54) is 5.56 Å².